The minimum Gasteiger partial charge on any atom is -0.508 e. The summed E-state index contributed by atoms with van der Waals surface area (Å²) in [5.41, 5.74) is 0.157. The smallest absolute Gasteiger partial charge is 0.121 e. The summed E-state index contributed by atoms with van der Waals surface area (Å²) in [7, 11) is 0. The Hall–Kier alpha value is -1.61. The number of aromatic hydroxyl groups is 1. The van der Waals surface area contributed by atoms with Crippen LogP contribution >= 0.6 is 0 Å². The number of para-hydroxylation sites is 1. The fourth-order valence-corrected chi connectivity index (χ4v) is 1.87. The van der Waals surface area contributed by atoms with E-state index in [0.717, 1.165) is 5.56 Å². The lowest BCUT2D eigenvalue weighted by Gasteiger charge is -2.24. The summed E-state index contributed by atoms with van der Waals surface area (Å²) in [6, 6.07) is 7.10. The quantitative estimate of drug-likeness (QED) is 0.784. The second-order valence-corrected chi connectivity index (χ2v) is 3.55. The van der Waals surface area contributed by atoms with E-state index in [-0.39, 0.29) is 12.4 Å². The fourth-order valence-electron chi connectivity index (χ4n) is 1.87. The fraction of sp³-hybridized carbons (Fsp3) is 0.250. The van der Waals surface area contributed by atoms with Crippen molar-refractivity contribution in [2.75, 3.05) is 6.61 Å². The van der Waals surface area contributed by atoms with Gasteiger partial charge in [-0.2, -0.15) is 0 Å². The summed E-state index contributed by atoms with van der Waals surface area (Å²) in [5, 5.41) is 18.8. The van der Waals surface area contributed by atoms with E-state index in [0.29, 0.717) is 6.42 Å². The molecule has 1 heterocycles. The van der Waals surface area contributed by atoms with Crippen LogP contribution in [0.2, 0.25) is 0 Å². The molecule has 2 rings (SSSR count). The van der Waals surface area contributed by atoms with Gasteiger partial charge in [-0.05, 0) is 12.1 Å². The maximum absolute atomic E-state index is 9.77. The number of hydrogen-bond acceptors (Lipinski definition) is 3. The van der Waals surface area contributed by atoms with E-state index in [1.165, 1.54) is 0 Å². The van der Waals surface area contributed by atoms with Crippen molar-refractivity contribution in [1.29, 1.82) is 0 Å². The van der Waals surface area contributed by atoms with Crippen LogP contribution in [0.25, 0.3) is 0 Å². The molecule has 1 aliphatic heterocycles. The lowest BCUT2D eigenvalue weighted by Crippen LogP contribution is -2.20. The molecule has 1 aromatic rings. The number of hydrogen-bond donors (Lipinski definition) is 2. The van der Waals surface area contributed by atoms with Gasteiger partial charge in [0.25, 0.3) is 0 Å². The van der Waals surface area contributed by atoms with Crippen molar-refractivity contribution in [3.63, 3.8) is 0 Å². The lowest BCUT2D eigenvalue weighted by molar-refractivity contribution is 0.258. The van der Waals surface area contributed by atoms with E-state index < -0.39 is 5.54 Å². The summed E-state index contributed by atoms with van der Waals surface area (Å²) in [4.78, 5) is 4.33. The number of phenolic OH excluding ortho intramolecular Hbond substituents is 1. The van der Waals surface area contributed by atoms with Crippen LogP contribution in [0, 0.1) is 0 Å². The van der Waals surface area contributed by atoms with Crippen molar-refractivity contribution >= 4 is 6.21 Å². The van der Waals surface area contributed by atoms with Gasteiger partial charge in [-0.3, -0.25) is 4.99 Å². The van der Waals surface area contributed by atoms with Crippen LogP contribution in [0.5, 0.6) is 5.75 Å². The summed E-state index contributed by atoms with van der Waals surface area (Å²) in [5.74, 6) is 0.217. The van der Waals surface area contributed by atoms with E-state index in [1.54, 1.807) is 18.3 Å². The topological polar surface area (TPSA) is 52.8 Å². The molecule has 1 atom stereocenters. The van der Waals surface area contributed by atoms with Crippen molar-refractivity contribution in [3.8, 4) is 5.75 Å². The number of rotatable bonds is 3. The Bertz CT molecular complexity index is 398. The molecule has 3 nitrogen and oxygen atoms in total. The normalized spacial score (nSPS) is 23.5. The van der Waals surface area contributed by atoms with Crippen molar-refractivity contribution in [3.05, 3.63) is 42.0 Å². The number of aliphatic hydroxyl groups is 1. The maximum Gasteiger partial charge on any atom is 0.121 e. The summed E-state index contributed by atoms with van der Waals surface area (Å²) in [6.07, 6.45) is 5.92. The van der Waals surface area contributed by atoms with E-state index in [2.05, 4.69) is 4.99 Å². The average Bonchev–Trinajstić information content (AvgIpc) is 2.69. The van der Waals surface area contributed by atoms with Crippen LogP contribution in [0.3, 0.4) is 0 Å². The molecule has 0 spiro atoms. The van der Waals surface area contributed by atoms with Gasteiger partial charge in [0.1, 0.15) is 11.3 Å². The summed E-state index contributed by atoms with van der Waals surface area (Å²) < 4.78 is 0. The van der Waals surface area contributed by atoms with Crippen LogP contribution < -0.4 is 0 Å². The van der Waals surface area contributed by atoms with Crippen LogP contribution in [0.4, 0.5) is 0 Å². The summed E-state index contributed by atoms with van der Waals surface area (Å²) in [6.45, 7) is 0.0377. The molecular formula is C12H13NO2. The molecule has 0 fully saturated rings. The highest BCUT2D eigenvalue weighted by Gasteiger charge is 2.31. The number of allylic oxidation sites excluding steroid dienone is 1. The Morgan fingerprint density at radius 3 is 2.67 bits per heavy atom. The van der Waals surface area contributed by atoms with Crippen molar-refractivity contribution < 1.29 is 10.2 Å². The Morgan fingerprint density at radius 2 is 2.07 bits per heavy atom. The average molecular weight is 203 g/mol. The Kier molecular flexibility index (Phi) is 2.56. The number of aliphatic imine (C=N–C) groups is 1. The van der Waals surface area contributed by atoms with Crippen molar-refractivity contribution in [2.45, 2.75) is 12.0 Å². The first-order valence-electron chi connectivity index (χ1n) is 4.91. The Balaban J connectivity index is 2.46. The van der Waals surface area contributed by atoms with Gasteiger partial charge in [0.15, 0.2) is 0 Å². The first-order valence-corrected chi connectivity index (χ1v) is 4.91. The molecule has 0 saturated heterocycles. The van der Waals surface area contributed by atoms with Gasteiger partial charge in [-0.1, -0.05) is 24.3 Å². The van der Waals surface area contributed by atoms with Gasteiger partial charge >= 0.3 is 0 Å². The number of nitrogens with zero attached hydrogens (tertiary/aromatic N) is 1. The first kappa shape index (κ1) is 9.93. The predicted molar refractivity (Wildman–Crippen MR) is 59.1 cm³/mol. The Labute approximate surface area is 88.4 Å². The molecule has 0 amide bonds. The monoisotopic (exact) mass is 203 g/mol. The van der Waals surface area contributed by atoms with Gasteiger partial charge in [0.05, 0.1) is 0 Å². The van der Waals surface area contributed by atoms with Gasteiger partial charge < -0.3 is 10.2 Å². The second-order valence-electron chi connectivity index (χ2n) is 3.55. The standard InChI is InChI=1S/C12H13NO2/c14-9-7-12(6-3-8-13-12)10-4-1-2-5-11(10)15/h1-6,8,14-15H,7,9H2. The molecule has 15 heavy (non-hydrogen) atoms. The van der Waals surface area contributed by atoms with Crippen molar-refractivity contribution in [2.24, 2.45) is 4.99 Å². The molecule has 0 aromatic heterocycles. The molecule has 0 bridgehead atoms. The van der Waals surface area contributed by atoms with Gasteiger partial charge in [-0.15, -0.1) is 0 Å². The minimum absolute atomic E-state index is 0.0377. The molecule has 1 aliphatic rings. The molecule has 78 valence electrons. The highest BCUT2D eigenvalue weighted by Crippen LogP contribution is 2.38. The summed E-state index contributed by atoms with van der Waals surface area (Å²) >= 11 is 0. The number of aliphatic hydroxyl groups excluding tert-OH is 1. The van der Waals surface area contributed by atoms with E-state index in [9.17, 15) is 5.11 Å². The lowest BCUT2D eigenvalue weighted by atomic mass is 9.87. The third-order valence-corrected chi connectivity index (χ3v) is 2.63. The van der Waals surface area contributed by atoms with E-state index in [4.69, 9.17) is 5.11 Å². The zero-order chi connectivity index (χ0) is 10.7. The largest absolute Gasteiger partial charge is 0.508 e. The molecule has 1 aromatic carbocycles. The molecule has 0 aliphatic carbocycles. The zero-order valence-electron chi connectivity index (χ0n) is 8.30. The zero-order valence-corrected chi connectivity index (χ0v) is 8.30. The molecule has 0 radical (unpaired) electrons. The molecule has 1 unspecified atom stereocenters. The molecule has 0 saturated carbocycles. The first-order chi connectivity index (χ1) is 7.28. The third kappa shape index (κ3) is 1.66. The van der Waals surface area contributed by atoms with Crippen LogP contribution in [0.15, 0.2) is 41.4 Å². The Morgan fingerprint density at radius 1 is 1.27 bits per heavy atom. The van der Waals surface area contributed by atoms with Crippen molar-refractivity contribution in [1.82, 2.24) is 0 Å². The number of benzene rings is 1. The highest BCUT2D eigenvalue weighted by atomic mass is 16.3. The van der Waals surface area contributed by atoms with E-state index in [1.807, 2.05) is 24.3 Å². The predicted octanol–water partition coefficient (Wildman–Crippen LogP) is 1.61. The second kappa shape index (κ2) is 3.87. The van der Waals surface area contributed by atoms with Gasteiger partial charge in [0, 0.05) is 24.8 Å². The third-order valence-electron chi connectivity index (χ3n) is 2.63. The molecule has 3 heteroatoms. The molecular weight excluding hydrogens is 190 g/mol. The van der Waals surface area contributed by atoms with Crippen LogP contribution in [-0.4, -0.2) is 23.0 Å². The molecule has 2 N–H and O–H groups in total. The number of phenols is 1. The van der Waals surface area contributed by atoms with E-state index >= 15 is 0 Å². The van der Waals surface area contributed by atoms with Crippen LogP contribution in [0.1, 0.15) is 12.0 Å². The SMILES string of the molecule is OCCC1(c2ccccc2O)C=CC=N1. The van der Waals surface area contributed by atoms with Crippen LogP contribution in [-0.2, 0) is 5.54 Å². The maximum atomic E-state index is 9.77. The van der Waals surface area contributed by atoms with Gasteiger partial charge in [0.2, 0.25) is 0 Å². The highest BCUT2D eigenvalue weighted by molar-refractivity contribution is 5.76. The van der Waals surface area contributed by atoms with Gasteiger partial charge in [-0.25, -0.2) is 0 Å². The minimum atomic E-state index is -0.583.